The van der Waals surface area contributed by atoms with Crippen molar-refractivity contribution in [2.24, 2.45) is 0 Å². The van der Waals surface area contributed by atoms with Gasteiger partial charge in [0.2, 0.25) is 0 Å². The molecule has 1 heterocycles. The first-order valence-corrected chi connectivity index (χ1v) is 4.87. The molecule has 15 heavy (non-hydrogen) atoms. The lowest BCUT2D eigenvalue weighted by Gasteiger charge is -2.08. The Morgan fingerprint density at radius 2 is 2.07 bits per heavy atom. The van der Waals surface area contributed by atoms with Gasteiger partial charge in [0, 0.05) is 29.9 Å². The number of benzene rings is 1. The van der Waals surface area contributed by atoms with Crippen LogP contribution in [-0.2, 0) is 0 Å². The fourth-order valence-corrected chi connectivity index (χ4v) is 1.67. The number of aromatic nitrogens is 1. The van der Waals surface area contributed by atoms with Crippen LogP contribution in [0.1, 0.15) is 5.69 Å². The molecule has 1 aromatic heterocycles. The van der Waals surface area contributed by atoms with Crippen molar-refractivity contribution in [1.82, 2.24) is 4.98 Å². The molecule has 1 N–H and O–H groups in total. The number of fused-ring (bicyclic) bond motifs is 1. The largest absolute Gasteiger partial charge is 0.497 e. The van der Waals surface area contributed by atoms with E-state index in [1.807, 2.05) is 38.2 Å². The Morgan fingerprint density at radius 3 is 2.73 bits per heavy atom. The Balaban J connectivity index is 2.72. The minimum Gasteiger partial charge on any atom is -0.497 e. The van der Waals surface area contributed by atoms with Gasteiger partial charge < -0.3 is 10.1 Å². The number of ether oxygens (including phenoxy) is 1. The smallest absolute Gasteiger partial charge is 0.121 e. The van der Waals surface area contributed by atoms with Crippen molar-refractivity contribution < 1.29 is 4.74 Å². The number of rotatable bonds is 2. The Kier molecular flexibility index (Phi) is 2.46. The fraction of sp³-hybridized carbons (Fsp3) is 0.250. The zero-order chi connectivity index (χ0) is 10.8. The summed E-state index contributed by atoms with van der Waals surface area (Å²) in [5.41, 5.74) is 3.05. The van der Waals surface area contributed by atoms with Crippen molar-refractivity contribution in [3.63, 3.8) is 0 Å². The van der Waals surface area contributed by atoms with Gasteiger partial charge in [0.1, 0.15) is 5.75 Å². The van der Waals surface area contributed by atoms with E-state index in [2.05, 4.69) is 10.3 Å². The third-order valence-corrected chi connectivity index (χ3v) is 2.41. The number of anilines is 1. The number of nitrogens with zero attached hydrogens (tertiary/aromatic N) is 1. The summed E-state index contributed by atoms with van der Waals surface area (Å²) in [6.07, 6.45) is 0. The average molecular weight is 202 g/mol. The Morgan fingerprint density at radius 1 is 1.27 bits per heavy atom. The highest BCUT2D eigenvalue weighted by atomic mass is 16.5. The first kappa shape index (κ1) is 9.77. The zero-order valence-electron chi connectivity index (χ0n) is 9.16. The van der Waals surface area contributed by atoms with Gasteiger partial charge in [-0.25, -0.2) is 0 Å². The van der Waals surface area contributed by atoms with Gasteiger partial charge in [-0.05, 0) is 25.1 Å². The quantitative estimate of drug-likeness (QED) is 0.812. The van der Waals surface area contributed by atoms with Gasteiger partial charge in [-0.15, -0.1) is 0 Å². The third-order valence-electron chi connectivity index (χ3n) is 2.41. The van der Waals surface area contributed by atoms with E-state index in [4.69, 9.17) is 4.74 Å². The van der Waals surface area contributed by atoms with Crippen LogP contribution in [0.25, 0.3) is 10.9 Å². The number of methoxy groups -OCH3 is 1. The maximum absolute atomic E-state index is 5.18. The molecule has 0 spiro atoms. The number of hydrogen-bond acceptors (Lipinski definition) is 3. The van der Waals surface area contributed by atoms with Crippen LogP contribution in [0.3, 0.4) is 0 Å². The molecule has 0 unspecified atom stereocenters. The molecule has 2 aromatic rings. The van der Waals surface area contributed by atoms with E-state index in [1.165, 1.54) is 0 Å². The summed E-state index contributed by atoms with van der Waals surface area (Å²) >= 11 is 0. The van der Waals surface area contributed by atoms with E-state index >= 15 is 0 Å². The van der Waals surface area contributed by atoms with Gasteiger partial charge in [-0.2, -0.15) is 0 Å². The number of pyridine rings is 1. The molecule has 78 valence electrons. The second-order valence-corrected chi connectivity index (χ2v) is 3.44. The highest BCUT2D eigenvalue weighted by Gasteiger charge is 2.03. The van der Waals surface area contributed by atoms with E-state index < -0.39 is 0 Å². The molecule has 0 saturated heterocycles. The fourth-order valence-electron chi connectivity index (χ4n) is 1.67. The van der Waals surface area contributed by atoms with Crippen LogP contribution in [0.4, 0.5) is 5.69 Å². The third kappa shape index (κ3) is 1.73. The Bertz CT molecular complexity index is 494. The van der Waals surface area contributed by atoms with Crippen molar-refractivity contribution >= 4 is 16.6 Å². The molecule has 0 saturated carbocycles. The van der Waals surface area contributed by atoms with E-state index in [-0.39, 0.29) is 0 Å². The molecular formula is C12H14N2O. The summed E-state index contributed by atoms with van der Waals surface area (Å²) in [5, 5.41) is 4.28. The second kappa shape index (κ2) is 3.77. The number of hydrogen-bond donors (Lipinski definition) is 1. The molecule has 0 fully saturated rings. The number of nitrogens with one attached hydrogen (secondary N) is 1. The minimum atomic E-state index is 0.836. The van der Waals surface area contributed by atoms with Crippen molar-refractivity contribution in [2.45, 2.75) is 6.92 Å². The topological polar surface area (TPSA) is 34.2 Å². The molecule has 1 aromatic carbocycles. The molecule has 2 rings (SSSR count). The molecule has 3 heteroatoms. The van der Waals surface area contributed by atoms with Gasteiger partial charge in [-0.1, -0.05) is 0 Å². The molecule has 0 aliphatic heterocycles. The van der Waals surface area contributed by atoms with E-state index in [9.17, 15) is 0 Å². The van der Waals surface area contributed by atoms with Crippen LogP contribution in [0.5, 0.6) is 5.75 Å². The maximum Gasteiger partial charge on any atom is 0.121 e. The van der Waals surface area contributed by atoms with Gasteiger partial charge in [0.05, 0.1) is 12.6 Å². The molecule has 0 aliphatic carbocycles. The minimum absolute atomic E-state index is 0.836. The molecule has 0 bridgehead atoms. The highest BCUT2D eigenvalue weighted by Crippen LogP contribution is 2.26. The first-order chi connectivity index (χ1) is 7.24. The summed E-state index contributed by atoms with van der Waals surface area (Å²) in [4.78, 5) is 4.47. The molecule has 0 atom stereocenters. The summed E-state index contributed by atoms with van der Waals surface area (Å²) in [7, 11) is 3.58. The Hall–Kier alpha value is -1.77. The van der Waals surface area contributed by atoms with Crippen LogP contribution in [0, 0.1) is 6.92 Å². The second-order valence-electron chi connectivity index (χ2n) is 3.44. The van der Waals surface area contributed by atoms with E-state index in [1.54, 1.807) is 7.11 Å². The molecule has 0 amide bonds. The van der Waals surface area contributed by atoms with Crippen LogP contribution in [0.15, 0.2) is 24.3 Å². The molecule has 0 aliphatic rings. The lowest BCUT2D eigenvalue weighted by atomic mass is 10.1. The lowest BCUT2D eigenvalue weighted by molar-refractivity contribution is 0.415. The Labute approximate surface area is 89.1 Å². The highest BCUT2D eigenvalue weighted by molar-refractivity contribution is 5.92. The van der Waals surface area contributed by atoms with Gasteiger partial charge in [-0.3, -0.25) is 4.98 Å². The van der Waals surface area contributed by atoms with Crippen molar-refractivity contribution in [3.05, 3.63) is 30.0 Å². The summed E-state index contributed by atoms with van der Waals surface area (Å²) in [6.45, 7) is 1.99. The van der Waals surface area contributed by atoms with Gasteiger partial charge in [0.25, 0.3) is 0 Å². The van der Waals surface area contributed by atoms with Crippen molar-refractivity contribution in [1.29, 1.82) is 0 Å². The van der Waals surface area contributed by atoms with Crippen molar-refractivity contribution in [3.8, 4) is 5.75 Å². The molecule has 0 radical (unpaired) electrons. The monoisotopic (exact) mass is 202 g/mol. The van der Waals surface area contributed by atoms with Crippen molar-refractivity contribution in [2.75, 3.05) is 19.5 Å². The van der Waals surface area contributed by atoms with Crippen LogP contribution in [-0.4, -0.2) is 19.1 Å². The molecule has 3 nitrogen and oxygen atoms in total. The zero-order valence-corrected chi connectivity index (χ0v) is 9.16. The van der Waals surface area contributed by atoms with Crippen LogP contribution >= 0.6 is 0 Å². The summed E-state index contributed by atoms with van der Waals surface area (Å²) in [5.74, 6) is 0.836. The predicted molar refractivity (Wildman–Crippen MR) is 62.6 cm³/mol. The van der Waals surface area contributed by atoms with Crippen LogP contribution < -0.4 is 10.1 Å². The van der Waals surface area contributed by atoms with E-state index in [0.717, 1.165) is 28.0 Å². The maximum atomic E-state index is 5.18. The van der Waals surface area contributed by atoms with Gasteiger partial charge in [0.15, 0.2) is 0 Å². The first-order valence-electron chi connectivity index (χ1n) is 4.87. The normalized spacial score (nSPS) is 10.3. The van der Waals surface area contributed by atoms with Gasteiger partial charge >= 0.3 is 0 Å². The standard InChI is InChI=1S/C12H14N2O/c1-8-6-11(13-2)10-5-4-9(15-3)7-12(10)14-8/h4-7H,1-3H3,(H,13,14). The SMILES string of the molecule is CNc1cc(C)nc2cc(OC)ccc12. The van der Waals surface area contributed by atoms with E-state index in [0.29, 0.717) is 0 Å². The predicted octanol–water partition coefficient (Wildman–Crippen LogP) is 2.59. The number of aryl methyl sites for hydroxylation is 1. The lowest BCUT2D eigenvalue weighted by Crippen LogP contribution is -1.94. The van der Waals surface area contributed by atoms with Crippen LogP contribution in [0.2, 0.25) is 0 Å². The summed E-state index contributed by atoms with van der Waals surface area (Å²) in [6, 6.07) is 7.95. The summed E-state index contributed by atoms with van der Waals surface area (Å²) < 4.78 is 5.18. The molecular weight excluding hydrogens is 188 g/mol. The average Bonchev–Trinajstić information content (AvgIpc) is 2.26.